The highest BCUT2D eigenvalue weighted by Crippen LogP contribution is 2.09. The number of rotatable bonds is 8. The summed E-state index contributed by atoms with van der Waals surface area (Å²) in [6, 6.07) is 0. The number of hydrogen-bond acceptors (Lipinski definition) is 4. The van der Waals surface area contributed by atoms with E-state index in [1.54, 1.807) is 6.92 Å². The van der Waals surface area contributed by atoms with Gasteiger partial charge in [-0.2, -0.15) is 0 Å². The van der Waals surface area contributed by atoms with Gasteiger partial charge >= 0.3 is 11.9 Å². The number of hydrogen-bond donors (Lipinski definition) is 2. The summed E-state index contributed by atoms with van der Waals surface area (Å²) < 4.78 is 4.99. The number of carboxylic acid groups (broad SMARTS) is 1. The fourth-order valence-corrected chi connectivity index (χ4v) is 1.29. The Hall–Kier alpha value is -1.10. The quantitative estimate of drug-likeness (QED) is 0.617. The summed E-state index contributed by atoms with van der Waals surface area (Å²) in [7, 11) is 0. The lowest BCUT2D eigenvalue weighted by Crippen LogP contribution is -2.24. The Kier molecular flexibility index (Phi) is 7.54. The summed E-state index contributed by atoms with van der Waals surface area (Å²) >= 11 is 0. The largest absolute Gasteiger partial charge is 0.481 e. The third-order valence-electron chi connectivity index (χ3n) is 2.18. The zero-order valence-electron chi connectivity index (χ0n) is 9.81. The monoisotopic (exact) mass is 232 g/mol. The lowest BCUT2D eigenvalue weighted by molar-refractivity contribution is -0.155. The Balaban J connectivity index is 4.06. The van der Waals surface area contributed by atoms with Crippen LogP contribution in [0.25, 0.3) is 0 Å². The van der Waals surface area contributed by atoms with Gasteiger partial charge in [-0.1, -0.05) is 20.3 Å². The van der Waals surface area contributed by atoms with Gasteiger partial charge in [0, 0.05) is 0 Å². The molecule has 0 saturated carbocycles. The van der Waals surface area contributed by atoms with Gasteiger partial charge in [0.25, 0.3) is 0 Å². The molecule has 0 aromatic heterocycles. The van der Waals surface area contributed by atoms with Crippen LogP contribution in [0.1, 0.15) is 46.0 Å². The first-order valence-corrected chi connectivity index (χ1v) is 5.58. The SMILES string of the molecule is CCCC(CC(=O)O)OC(=O)CC(O)CC. The molecule has 0 rings (SSSR count). The van der Waals surface area contributed by atoms with Crippen molar-refractivity contribution in [2.24, 2.45) is 0 Å². The molecule has 0 radical (unpaired) electrons. The molecular formula is C11H20O5. The number of aliphatic hydroxyl groups excluding tert-OH is 1. The normalized spacial score (nSPS) is 14.2. The maximum atomic E-state index is 11.3. The van der Waals surface area contributed by atoms with Crippen LogP contribution < -0.4 is 0 Å². The molecule has 0 amide bonds. The van der Waals surface area contributed by atoms with Crippen LogP contribution in [0.5, 0.6) is 0 Å². The number of carboxylic acids is 1. The minimum Gasteiger partial charge on any atom is -0.481 e. The molecule has 0 aliphatic heterocycles. The molecule has 94 valence electrons. The second-order valence-electron chi connectivity index (χ2n) is 3.76. The summed E-state index contributed by atoms with van der Waals surface area (Å²) in [5.74, 6) is -1.52. The molecule has 0 aromatic carbocycles. The van der Waals surface area contributed by atoms with Gasteiger partial charge in [0.1, 0.15) is 6.10 Å². The number of esters is 1. The van der Waals surface area contributed by atoms with E-state index >= 15 is 0 Å². The first-order valence-electron chi connectivity index (χ1n) is 5.58. The topological polar surface area (TPSA) is 83.8 Å². The molecule has 5 heteroatoms. The molecule has 2 N–H and O–H groups in total. The number of carbonyl (C=O) groups excluding carboxylic acids is 1. The van der Waals surface area contributed by atoms with Crippen LogP contribution in [0.15, 0.2) is 0 Å². The van der Waals surface area contributed by atoms with E-state index in [0.717, 1.165) is 6.42 Å². The molecular weight excluding hydrogens is 212 g/mol. The van der Waals surface area contributed by atoms with Crippen LogP contribution in [0.3, 0.4) is 0 Å². The Labute approximate surface area is 95.4 Å². The van der Waals surface area contributed by atoms with Crippen molar-refractivity contribution in [2.45, 2.75) is 58.2 Å². The second-order valence-corrected chi connectivity index (χ2v) is 3.76. The van der Waals surface area contributed by atoms with E-state index in [2.05, 4.69) is 0 Å². The molecule has 16 heavy (non-hydrogen) atoms. The highest BCUT2D eigenvalue weighted by Gasteiger charge is 2.18. The molecule has 2 unspecified atom stereocenters. The maximum Gasteiger partial charge on any atom is 0.308 e. The first kappa shape index (κ1) is 14.9. The smallest absolute Gasteiger partial charge is 0.308 e. The number of carbonyl (C=O) groups is 2. The molecule has 0 bridgehead atoms. The van der Waals surface area contributed by atoms with Crippen LogP contribution >= 0.6 is 0 Å². The van der Waals surface area contributed by atoms with Crippen molar-refractivity contribution in [3.63, 3.8) is 0 Å². The van der Waals surface area contributed by atoms with Crippen molar-refractivity contribution in [3.05, 3.63) is 0 Å². The minimum absolute atomic E-state index is 0.0731. The first-order chi connectivity index (χ1) is 7.49. The number of ether oxygens (including phenoxy) is 1. The summed E-state index contributed by atoms with van der Waals surface area (Å²) in [4.78, 5) is 21.8. The van der Waals surface area contributed by atoms with Gasteiger partial charge in [-0.15, -0.1) is 0 Å². The summed E-state index contributed by atoms with van der Waals surface area (Å²) in [5, 5.41) is 17.8. The Morgan fingerprint density at radius 1 is 1.25 bits per heavy atom. The van der Waals surface area contributed by atoms with Crippen molar-refractivity contribution < 1.29 is 24.5 Å². The fourth-order valence-electron chi connectivity index (χ4n) is 1.29. The standard InChI is InChI=1S/C11H20O5/c1-3-5-9(7-10(13)14)16-11(15)6-8(12)4-2/h8-9,12H,3-7H2,1-2H3,(H,13,14). The van der Waals surface area contributed by atoms with Crippen molar-refractivity contribution >= 4 is 11.9 Å². The van der Waals surface area contributed by atoms with Crippen LogP contribution in [0.2, 0.25) is 0 Å². The van der Waals surface area contributed by atoms with Gasteiger partial charge in [0.2, 0.25) is 0 Å². The lowest BCUT2D eigenvalue weighted by atomic mass is 10.1. The Morgan fingerprint density at radius 2 is 1.88 bits per heavy atom. The van der Waals surface area contributed by atoms with Gasteiger partial charge in [-0.05, 0) is 12.8 Å². The molecule has 0 aliphatic carbocycles. The molecule has 0 heterocycles. The van der Waals surface area contributed by atoms with E-state index < -0.39 is 24.1 Å². The summed E-state index contributed by atoms with van der Waals surface area (Å²) in [6.07, 6.45) is 0.213. The zero-order valence-corrected chi connectivity index (χ0v) is 9.81. The van der Waals surface area contributed by atoms with Crippen molar-refractivity contribution in [3.8, 4) is 0 Å². The summed E-state index contributed by atoms with van der Waals surface area (Å²) in [6.45, 7) is 3.66. The predicted molar refractivity (Wildman–Crippen MR) is 58.0 cm³/mol. The van der Waals surface area contributed by atoms with E-state index in [9.17, 15) is 14.7 Å². The molecule has 5 nitrogen and oxygen atoms in total. The molecule has 0 fully saturated rings. The van der Waals surface area contributed by atoms with E-state index in [1.807, 2.05) is 6.92 Å². The third kappa shape index (κ3) is 7.23. The van der Waals surface area contributed by atoms with Crippen LogP contribution in [0.4, 0.5) is 0 Å². The Bertz CT molecular complexity index is 226. The fraction of sp³-hybridized carbons (Fsp3) is 0.818. The second kappa shape index (κ2) is 8.10. The maximum absolute atomic E-state index is 11.3. The molecule has 0 aromatic rings. The molecule has 0 aliphatic rings. The van der Waals surface area contributed by atoms with Crippen LogP contribution in [0, 0.1) is 0 Å². The van der Waals surface area contributed by atoms with Gasteiger partial charge in [-0.3, -0.25) is 9.59 Å². The average molecular weight is 232 g/mol. The van der Waals surface area contributed by atoms with E-state index in [1.165, 1.54) is 0 Å². The van der Waals surface area contributed by atoms with Crippen LogP contribution in [-0.2, 0) is 14.3 Å². The van der Waals surface area contributed by atoms with Gasteiger partial charge in [-0.25, -0.2) is 0 Å². The minimum atomic E-state index is -0.984. The van der Waals surface area contributed by atoms with Crippen molar-refractivity contribution in [2.75, 3.05) is 0 Å². The van der Waals surface area contributed by atoms with E-state index in [-0.39, 0.29) is 12.8 Å². The van der Waals surface area contributed by atoms with Crippen LogP contribution in [-0.4, -0.2) is 34.4 Å². The van der Waals surface area contributed by atoms with E-state index in [4.69, 9.17) is 9.84 Å². The van der Waals surface area contributed by atoms with Gasteiger partial charge in [0.15, 0.2) is 0 Å². The van der Waals surface area contributed by atoms with Gasteiger partial charge < -0.3 is 14.9 Å². The summed E-state index contributed by atoms with van der Waals surface area (Å²) in [5.41, 5.74) is 0. The van der Waals surface area contributed by atoms with E-state index in [0.29, 0.717) is 12.8 Å². The van der Waals surface area contributed by atoms with Gasteiger partial charge in [0.05, 0.1) is 18.9 Å². The highest BCUT2D eigenvalue weighted by molar-refractivity contribution is 5.71. The average Bonchev–Trinajstić information content (AvgIpc) is 2.16. The zero-order chi connectivity index (χ0) is 12.6. The Morgan fingerprint density at radius 3 is 2.31 bits per heavy atom. The third-order valence-corrected chi connectivity index (χ3v) is 2.18. The van der Waals surface area contributed by atoms with Crippen molar-refractivity contribution in [1.29, 1.82) is 0 Å². The number of aliphatic hydroxyl groups is 1. The highest BCUT2D eigenvalue weighted by atomic mass is 16.5. The lowest BCUT2D eigenvalue weighted by Gasteiger charge is -2.16. The predicted octanol–water partition coefficient (Wildman–Crippen LogP) is 1.33. The van der Waals surface area contributed by atoms with Crippen molar-refractivity contribution in [1.82, 2.24) is 0 Å². The molecule has 0 spiro atoms. The molecule has 0 saturated heterocycles. The molecule has 2 atom stereocenters. The number of aliphatic carboxylic acids is 1.